The summed E-state index contributed by atoms with van der Waals surface area (Å²) in [5, 5.41) is 10.4. The smallest absolute Gasteiger partial charge is 0.153 e. The number of furan rings is 1. The van der Waals surface area contributed by atoms with Gasteiger partial charge in [-0.1, -0.05) is 18.5 Å². The van der Waals surface area contributed by atoms with Crippen molar-refractivity contribution in [3.05, 3.63) is 34.8 Å². The first-order valence-electron chi connectivity index (χ1n) is 4.68. The quantitative estimate of drug-likeness (QED) is 0.851. The lowest BCUT2D eigenvalue weighted by Crippen LogP contribution is -1.90. The van der Waals surface area contributed by atoms with E-state index in [1.807, 2.05) is 6.92 Å². The van der Waals surface area contributed by atoms with Gasteiger partial charge in [0, 0.05) is 5.39 Å². The van der Waals surface area contributed by atoms with Gasteiger partial charge in [0.15, 0.2) is 5.58 Å². The van der Waals surface area contributed by atoms with E-state index in [4.69, 9.17) is 16.0 Å². The van der Waals surface area contributed by atoms with Gasteiger partial charge in [0.05, 0.1) is 5.02 Å². The third-order valence-electron chi connectivity index (χ3n) is 2.27. The minimum absolute atomic E-state index is 0.222. The van der Waals surface area contributed by atoms with Gasteiger partial charge in [-0.25, -0.2) is 4.39 Å². The average molecular weight is 229 g/mol. The van der Waals surface area contributed by atoms with Crippen molar-refractivity contribution < 1.29 is 13.9 Å². The van der Waals surface area contributed by atoms with Crippen LogP contribution in [0.2, 0.25) is 5.02 Å². The van der Waals surface area contributed by atoms with E-state index in [1.165, 1.54) is 12.1 Å². The van der Waals surface area contributed by atoms with Gasteiger partial charge >= 0.3 is 0 Å². The number of aliphatic hydroxyl groups is 1. The van der Waals surface area contributed by atoms with Crippen molar-refractivity contribution in [2.24, 2.45) is 0 Å². The summed E-state index contributed by atoms with van der Waals surface area (Å²) in [6.07, 6.45) is -0.128. The van der Waals surface area contributed by atoms with Crippen molar-refractivity contribution in [2.75, 3.05) is 0 Å². The van der Waals surface area contributed by atoms with Gasteiger partial charge in [-0.2, -0.15) is 0 Å². The molecule has 1 aromatic carbocycles. The summed E-state index contributed by atoms with van der Waals surface area (Å²) in [6, 6.07) is 4.13. The molecule has 1 aromatic heterocycles. The molecule has 1 atom stereocenters. The third-order valence-corrected chi connectivity index (χ3v) is 2.55. The predicted octanol–water partition coefficient (Wildman–Crippen LogP) is 3.67. The minimum atomic E-state index is -0.670. The van der Waals surface area contributed by atoms with Crippen LogP contribution in [0.5, 0.6) is 0 Å². The number of hydrogen-bond acceptors (Lipinski definition) is 2. The second-order valence-electron chi connectivity index (χ2n) is 3.38. The van der Waals surface area contributed by atoms with Crippen molar-refractivity contribution in [2.45, 2.75) is 19.4 Å². The van der Waals surface area contributed by atoms with Crippen LogP contribution in [-0.2, 0) is 0 Å². The van der Waals surface area contributed by atoms with E-state index in [0.29, 0.717) is 23.2 Å². The molecule has 0 aliphatic carbocycles. The average Bonchev–Trinajstić information content (AvgIpc) is 2.60. The maximum atomic E-state index is 13.0. The largest absolute Gasteiger partial charge is 0.457 e. The van der Waals surface area contributed by atoms with E-state index in [1.54, 1.807) is 6.07 Å². The maximum absolute atomic E-state index is 13.0. The van der Waals surface area contributed by atoms with E-state index in [9.17, 15) is 9.50 Å². The highest BCUT2D eigenvalue weighted by Crippen LogP contribution is 2.31. The lowest BCUT2D eigenvalue weighted by molar-refractivity contribution is 0.148. The van der Waals surface area contributed by atoms with Crippen molar-refractivity contribution in [1.82, 2.24) is 0 Å². The number of fused-ring (bicyclic) bond motifs is 1. The zero-order valence-electron chi connectivity index (χ0n) is 8.13. The van der Waals surface area contributed by atoms with Crippen LogP contribution in [0.3, 0.4) is 0 Å². The molecule has 0 spiro atoms. The zero-order valence-corrected chi connectivity index (χ0v) is 8.88. The normalized spacial score (nSPS) is 13.3. The predicted molar refractivity (Wildman–Crippen MR) is 56.4 cm³/mol. The lowest BCUT2D eigenvalue weighted by atomic mass is 10.2. The molecule has 80 valence electrons. The molecule has 0 radical (unpaired) electrons. The van der Waals surface area contributed by atoms with Crippen LogP contribution >= 0.6 is 11.6 Å². The molecule has 4 heteroatoms. The lowest BCUT2D eigenvalue weighted by Gasteiger charge is -2.01. The van der Waals surface area contributed by atoms with Gasteiger partial charge in [0.2, 0.25) is 0 Å². The molecule has 0 amide bonds. The summed E-state index contributed by atoms with van der Waals surface area (Å²) in [5.41, 5.74) is 0.417. The Kier molecular flexibility index (Phi) is 2.67. The Bertz CT molecular complexity index is 493. The molecule has 0 fully saturated rings. The first-order chi connectivity index (χ1) is 7.11. The Morgan fingerprint density at radius 2 is 2.20 bits per heavy atom. The summed E-state index contributed by atoms with van der Waals surface area (Å²) >= 11 is 5.81. The van der Waals surface area contributed by atoms with E-state index < -0.39 is 11.9 Å². The van der Waals surface area contributed by atoms with Crippen LogP contribution in [0.4, 0.5) is 4.39 Å². The number of rotatable bonds is 2. The standard InChI is InChI=1S/C11H10ClFO2/c1-2-9(14)10-4-6-3-7(13)5-8(12)11(6)15-10/h3-5,9,14H,2H2,1H3. The fourth-order valence-electron chi connectivity index (χ4n) is 1.46. The van der Waals surface area contributed by atoms with Gasteiger partial charge in [0.25, 0.3) is 0 Å². The van der Waals surface area contributed by atoms with E-state index in [-0.39, 0.29) is 5.02 Å². The van der Waals surface area contributed by atoms with Gasteiger partial charge in [0.1, 0.15) is 17.7 Å². The molecular formula is C11H10ClFO2. The Labute approximate surface area is 91.3 Å². The number of hydrogen-bond donors (Lipinski definition) is 1. The van der Waals surface area contributed by atoms with E-state index in [2.05, 4.69) is 0 Å². The van der Waals surface area contributed by atoms with Crippen LogP contribution in [0.15, 0.2) is 22.6 Å². The highest BCUT2D eigenvalue weighted by atomic mass is 35.5. The molecule has 0 aliphatic rings. The maximum Gasteiger partial charge on any atom is 0.153 e. The third kappa shape index (κ3) is 1.85. The van der Waals surface area contributed by atoms with Gasteiger partial charge in [-0.05, 0) is 24.6 Å². The molecule has 2 rings (SSSR count). The van der Waals surface area contributed by atoms with E-state index >= 15 is 0 Å². The van der Waals surface area contributed by atoms with Gasteiger partial charge < -0.3 is 9.52 Å². The van der Waals surface area contributed by atoms with E-state index in [0.717, 1.165) is 0 Å². The topological polar surface area (TPSA) is 33.4 Å². The summed E-state index contributed by atoms with van der Waals surface area (Å²) in [4.78, 5) is 0. The van der Waals surface area contributed by atoms with Crippen molar-refractivity contribution >= 4 is 22.6 Å². The van der Waals surface area contributed by atoms with Crippen LogP contribution in [0.1, 0.15) is 25.2 Å². The molecule has 2 nitrogen and oxygen atoms in total. The molecular weight excluding hydrogens is 219 g/mol. The Balaban J connectivity index is 2.60. The summed E-state index contributed by atoms with van der Waals surface area (Å²) in [5.74, 6) is 0.00541. The zero-order chi connectivity index (χ0) is 11.0. The fourth-order valence-corrected chi connectivity index (χ4v) is 1.71. The van der Waals surface area contributed by atoms with Crippen LogP contribution in [0.25, 0.3) is 11.0 Å². The van der Waals surface area contributed by atoms with Crippen molar-refractivity contribution in [1.29, 1.82) is 0 Å². The first-order valence-corrected chi connectivity index (χ1v) is 5.06. The summed E-state index contributed by atoms with van der Waals surface area (Å²) in [6.45, 7) is 1.83. The molecule has 1 N–H and O–H groups in total. The molecule has 15 heavy (non-hydrogen) atoms. The van der Waals surface area contributed by atoms with Crippen molar-refractivity contribution in [3.63, 3.8) is 0 Å². The number of halogens is 2. The molecule has 0 aliphatic heterocycles. The molecule has 0 saturated carbocycles. The van der Waals surface area contributed by atoms with Crippen LogP contribution in [-0.4, -0.2) is 5.11 Å². The molecule has 2 aromatic rings. The summed E-state index contributed by atoms with van der Waals surface area (Å²) in [7, 11) is 0. The molecule has 1 heterocycles. The summed E-state index contributed by atoms with van der Waals surface area (Å²) < 4.78 is 18.4. The van der Waals surface area contributed by atoms with Crippen LogP contribution in [0, 0.1) is 5.82 Å². The number of benzene rings is 1. The van der Waals surface area contributed by atoms with Gasteiger partial charge in [-0.15, -0.1) is 0 Å². The fraction of sp³-hybridized carbons (Fsp3) is 0.273. The molecule has 0 saturated heterocycles. The minimum Gasteiger partial charge on any atom is -0.457 e. The molecule has 1 unspecified atom stereocenters. The monoisotopic (exact) mass is 228 g/mol. The first kappa shape index (κ1) is 10.5. The number of aliphatic hydroxyl groups excluding tert-OH is 1. The highest BCUT2D eigenvalue weighted by Gasteiger charge is 2.14. The van der Waals surface area contributed by atoms with Gasteiger partial charge in [-0.3, -0.25) is 0 Å². The highest BCUT2D eigenvalue weighted by molar-refractivity contribution is 6.34. The van der Waals surface area contributed by atoms with Crippen molar-refractivity contribution in [3.8, 4) is 0 Å². The second-order valence-corrected chi connectivity index (χ2v) is 3.79. The second kappa shape index (κ2) is 3.83. The van der Waals surface area contributed by atoms with Crippen LogP contribution < -0.4 is 0 Å². The SMILES string of the molecule is CCC(O)c1cc2cc(F)cc(Cl)c2o1. The Morgan fingerprint density at radius 3 is 2.87 bits per heavy atom. The Hall–Kier alpha value is -1.06. The Morgan fingerprint density at radius 1 is 1.47 bits per heavy atom. The molecule has 0 bridgehead atoms.